The first-order chi connectivity index (χ1) is 21.8. The highest BCUT2D eigenvalue weighted by molar-refractivity contribution is 6.20. The monoisotopic (exact) mass is 562 g/mol. The largest absolute Gasteiger partial charge is 0.454 e. The van der Waals surface area contributed by atoms with Crippen molar-refractivity contribution in [2.75, 3.05) is 0 Å². The number of benzene rings is 6. The molecule has 0 spiro atoms. The number of pyridine rings is 1. The lowest BCUT2D eigenvalue weighted by Crippen LogP contribution is -1.97. The van der Waals surface area contributed by atoms with Crippen LogP contribution in [0.3, 0.4) is 0 Å². The molecule has 0 atom stereocenters. The fraction of sp³-hybridized carbons (Fsp3) is 0. The molecule has 6 aromatic carbocycles. The molecule has 3 heteroatoms. The van der Waals surface area contributed by atoms with Crippen LogP contribution in [0.5, 0.6) is 0 Å². The lowest BCUT2D eigenvalue weighted by atomic mass is 9.98. The van der Waals surface area contributed by atoms with Crippen LogP contribution in [0.4, 0.5) is 0 Å². The van der Waals surface area contributed by atoms with Gasteiger partial charge in [-0.05, 0) is 63.5 Å². The molecule has 0 saturated heterocycles. The molecule has 0 amide bonds. The van der Waals surface area contributed by atoms with Crippen molar-refractivity contribution in [1.29, 1.82) is 0 Å². The van der Waals surface area contributed by atoms with E-state index in [-0.39, 0.29) is 0 Å². The van der Waals surface area contributed by atoms with E-state index in [2.05, 4.69) is 149 Å². The average molecular weight is 563 g/mol. The average Bonchev–Trinajstić information content (AvgIpc) is 3.49. The van der Waals surface area contributed by atoms with Crippen LogP contribution in [0, 0.1) is 0 Å². The fourth-order valence-electron chi connectivity index (χ4n) is 6.78. The summed E-state index contributed by atoms with van der Waals surface area (Å²) >= 11 is 0. The maximum absolute atomic E-state index is 6.43. The van der Waals surface area contributed by atoms with Crippen molar-refractivity contribution in [3.05, 3.63) is 158 Å². The molecule has 0 aliphatic rings. The summed E-state index contributed by atoms with van der Waals surface area (Å²) in [5.74, 6) is 0. The summed E-state index contributed by atoms with van der Waals surface area (Å²) < 4.78 is 8.83. The number of nitrogens with zero attached hydrogens (tertiary/aromatic N) is 2. The molecular weight excluding hydrogens is 536 g/mol. The molecule has 0 unspecified atom stereocenters. The van der Waals surface area contributed by atoms with Crippen LogP contribution in [0.25, 0.3) is 82.1 Å². The number of hydrogen-bond acceptors (Lipinski definition) is 2. The lowest BCUT2D eigenvalue weighted by Gasteiger charge is -2.14. The molecule has 0 aliphatic carbocycles. The standard InChI is InChI=1S/C41H26N2O/c1-2-11-28(12-3-1)43-38-20-9-8-17-34(38)32-15-6-4-13-30(32)31-14-5-7-16-33(31)37-25-27(21-22-39(37)43)29-18-10-19-36-35-23-24-42-26-40(35)44-41(29)36/h1-26H. The van der Waals surface area contributed by atoms with Crippen LogP contribution >= 0.6 is 0 Å². The van der Waals surface area contributed by atoms with Crippen LogP contribution in [-0.4, -0.2) is 9.55 Å². The molecule has 0 radical (unpaired) electrons. The van der Waals surface area contributed by atoms with E-state index in [1.807, 2.05) is 12.3 Å². The Morgan fingerprint density at radius 2 is 1.07 bits per heavy atom. The first kappa shape index (κ1) is 24.6. The maximum atomic E-state index is 6.43. The van der Waals surface area contributed by atoms with E-state index < -0.39 is 0 Å². The molecule has 9 aromatic rings. The topological polar surface area (TPSA) is 31.0 Å². The predicted molar refractivity (Wildman–Crippen MR) is 184 cm³/mol. The van der Waals surface area contributed by atoms with E-state index in [0.29, 0.717) is 0 Å². The van der Waals surface area contributed by atoms with Gasteiger partial charge in [0.2, 0.25) is 0 Å². The highest BCUT2D eigenvalue weighted by atomic mass is 16.3. The second-order valence-corrected chi connectivity index (χ2v) is 11.2. The molecule has 0 bridgehead atoms. The van der Waals surface area contributed by atoms with Crippen LogP contribution in [0.1, 0.15) is 0 Å². The Bertz CT molecular complexity index is 2610. The Hall–Kier alpha value is -5.93. The van der Waals surface area contributed by atoms with Crippen molar-refractivity contribution in [2.45, 2.75) is 0 Å². The quantitative estimate of drug-likeness (QED) is 0.210. The normalized spacial score (nSPS) is 11.6. The molecule has 3 heterocycles. The summed E-state index contributed by atoms with van der Waals surface area (Å²) in [4.78, 5) is 4.30. The van der Waals surface area contributed by atoms with Gasteiger partial charge in [0.05, 0.1) is 17.2 Å². The van der Waals surface area contributed by atoms with E-state index in [9.17, 15) is 0 Å². The zero-order valence-corrected chi connectivity index (χ0v) is 23.8. The molecule has 3 aromatic heterocycles. The Kier molecular flexibility index (Phi) is 5.50. The lowest BCUT2D eigenvalue weighted by molar-refractivity contribution is 0.668. The third-order valence-corrected chi connectivity index (χ3v) is 8.73. The van der Waals surface area contributed by atoms with E-state index >= 15 is 0 Å². The van der Waals surface area contributed by atoms with Crippen LogP contribution in [0.15, 0.2) is 162 Å². The van der Waals surface area contributed by atoms with Gasteiger partial charge in [0.25, 0.3) is 0 Å². The van der Waals surface area contributed by atoms with Crippen molar-refractivity contribution < 1.29 is 4.42 Å². The molecule has 0 saturated carbocycles. The fourth-order valence-corrected chi connectivity index (χ4v) is 6.78. The highest BCUT2D eigenvalue weighted by Gasteiger charge is 2.15. The molecule has 206 valence electrons. The minimum Gasteiger partial charge on any atom is -0.454 e. The number of fused-ring (bicyclic) bond motifs is 10. The zero-order chi connectivity index (χ0) is 29.0. The van der Waals surface area contributed by atoms with Gasteiger partial charge in [-0.2, -0.15) is 0 Å². The zero-order valence-electron chi connectivity index (χ0n) is 23.8. The van der Waals surface area contributed by atoms with Gasteiger partial charge >= 0.3 is 0 Å². The van der Waals surface area contributed by atoms with Crippen LogP contribution in [0.2, 0.25) is 0 Å². The van der Waals surface area contributed by atoms with E-state index in [0.717, 1.165) is 55.2 Å². The van der Waals surface area contributed by atoms with Crippen molar-refractivity contribution >= 4 is 65.3 Å². The van der Waals surface area contributed by atoms with Gasteiger partial charge in [0, 0.05) is 39.0 Å². The van der Waals surface area contributed by atoms with Gasteiger partial charge in [0.15, 0.2) is 5.58 Å². The summed E-state index contributed by atoms with van der Waals surface area (Å²) in [6.45, 7) is 0. The minimum absolute atomic E-state index is 0.798. The third-order valence-electron chi connectivity index (χ3n) is 8.73. The molecule has 3 nitrogen and oxygen atoms in total. The smallest absolute Gasteiger partial charge is 0.153 e. The van der Waals surface area contributed by atoms with Crippen molar-refractivity contribution in [2.24, 2.45) is 0 Å². The Labute approximate surface area is 253 Å². The van der Waals surface area contributed by atoms with Crippen LogP contribution < -0.4 is 0 Å². The number of hydrogen-bond donors (Lipinski definition) is 0. The first-order valence-electron chi connectivity index (χ1n) is 14.9. The number of para-hydroxylation sites is 3. The van der Waals surface area contributed by atoms with Gasteiger partial charge in [-0.1, -0.05) is 109 Å². The van der Waals surface area contributed by atoms with E-state index in [4.69, 9.17) is 4.42 Å². The third kappa shape index (κ3) is 3.73. The molecule has 44 heavy (non-hydrogen) atoms. The van der Waals surface area contributed by atoms with Gasteiger partial charge < -0.3 is 8.98 Å². The van der Waals surface area contributed by atoms with Gasteiger partial charge in [-0.3, -0.25) is 4.98 Å². The Morgan fingerprint density at radius 1 is 0.455 bits per heavy atom. The molecule has 0 aliphatic heterocycles. The molecule has 9 rings (SSSR count). The second kappa shape index (κ2) is 9.82. The van der Waals surface area contributed by atoms with Crippen LogP contribution in [-0.2, 0) is 0 Å². The summed E-state index contributed by atoms with van der Waals surface area (Å²) in [5.41, 5.74) is 7.20. The van der Waals surface area contributed by atoms with Gasteiger partial charge in [-0.25, -0.2) is 0 Å². The predicted octanol–water partition coefficient (Wildman–Crippen LogP) is 11.2. The SMILES string of the molecule is c1ccc(-n2c3ccccc3c3ccccc3c3ccccc3c3cc(-c4cccc5c4oc4cnccc45)ccc32)cc1. The number of rotatable bonds is 2. The summed E-state index contributed by atoms with van der Waals surface area (Å²) in [5, 5.41) is 9.35. The van der Waals surface area contributed by atoms with E-state index in [1.165, 1.54) is 26.9 Å². The van der Waals surface area contributed by atoms with Crippen molar-refractivity contribution in [3.8, 4) is 16.8 Å². The second-order valence-electron chi connectivity index (χ2n) is 11.2. The Morgan fingerprint density at radius 3 is 1.84 bits per heavy atom. The minimum atomic E-state index is 0.798. The number of aromatic nitrogens is 2. The summed E-state index contributed by atoms with van der Waals surface area (Å²) in [6, 6.07) is 52.2. The highest BCUT2D eigenvalue weighted by Crippen LogP contribution is 2.39. The van der Waals surface area contributed by atoms with Crippen molar-refractivity contribution in [1.82, 2.24) is 9.55 Å². The van der Waals surface area contributed by atoms with Crippen molar-refractivity contribution in [3.63, 3.8) is 0 Å². The summed E-state index contributed by atoms with van der Waals surface area (Å²) in [7, 11) is 0. The molecule has 0 fully saturated rings. The van der Waals surface area contributed by atoms with Gasteiger partial charge in [0.1, 0.15) is 5.58 Å². The van der Waals surface area contributed by atoms with Gasteiger partial charge in [-0.15, -0.1) is 0 Å². The molecule has 0 N–H and O–H groups in total. The summed E-state index contributed by atoms with van der Waals surface area (Å²) in [6.07, 6.45) is 3.62. The number of furan rings is 1. The molecular formula is C41H26N2O. The Balaban J connectivity index is 1.53. The first-order valence-corrected chi connectivity index (χ1v) is 14.9. The van der Waals surface area contributed by atoms with E-state index in [1.54, 1.807) is 6.20 Å². The maximum Gasteiger partial charge on any atom is 0.153 e.